The molecule has 7 rings (SSSR count). The van der Waals surface area contributed by atoms with Gasteiger partial charge in [-0.3, -0.25) is 4.90 Å². The zero-order valence-electron chi connectivity index (χ0n) is 31.9. The molecule has 5 saturated carbocycles. The van der Waals surface area contributed by atoms with Crippen LogP contribution in [0.15, 0.2) is 0 Å². The number of rotatable bonds is 9. The van der Waals surface area contributed by atoms with E-state index in [-0.39, 0.29) is 40.8 Å². The molecule has 7 aliphatic rings. The fourth-order valence-electron chi connectivity index (χ4n) is 14.3. The monoisotopic (exact) mass is 676 g/mol. The highest BCUT2D eigenvalue weighted by molar-refractivity contribution is 5.33. The van der Waals surface area contributed by atoms with E-state index in [1.165, 1.54) is 32.1 Å². The van der Waals surface area contributed by atoms with E-state index < -0.39 is 17.8 Å². The minimum Gasteiger partial charge on any atom is -0.390 e. The van der Waals surface area contributed by atoms with Crippen LogP contribution in [0.25, 0.3) is 0 Å². The molecule has 0 aromatic carbocycles. The van der Waals surface area contributed by atoms with Gasteiger partial charge in [0.15, 0.2) is 6.29 Å². The van der Waals surface area contributed by atoms with Crippen molar-refractivity contribution in [1.29, 1.82) is 0 Å². The molecule has 15 atom stereocenters. The molecular weight excluding hydrogens is 606 g/mol. The van der Waals surface area contributed by atoms with Gasteiger partial charge in [-0.15, -0.1) is 0 Å². The normalized spacial score (nSPS) is 51.1. The molecule has 2 spiro atoms. The Labute approximate surface area is 291 Å². The van der Waals surface area contributed by atoms with Gasteiger partial charge in [0.25, 0.3) is 0 Å². The van der Waals surface area contributed by atoms with E-state index in [2.05, 4.69) is 46.4 Å². The van der Waals surface area contributed by atoms with Gasteiger partial charge in [0.05, 0.1) is 43.2 Å². The highest BCUT2D eigenvalue weighted by atomic mass is 16.7. The predicted molar refractivity (Wildman–Crippen MR) is 185 cm³/mol. The largest absolute Gasteiger partial charge is 0.390 e. The average molecular weight is 676 g/mol. The number of aliphatic hydroxyl groups excluding tert-OH is 1. The molecule has 8 heteroatoms. The molecule has 7 fully saturated rings. The van der Waals surface area contributed by atoms with Gasteiger partial charge < -0.3 is 33.9 Å². The first-order chi connectivity index (χ1) is 22.5. The summed E-state index contributed by atoms with van der Waals surface area (Å²) in [5.41, 5.74) is -0.484. The second-order valence-electron chi connectivity index (χ2n) is 19.3. The number of fused-ring (bicyclic) bond motifs is 4. The summed E-state index contributed by atoms with van der Waals surface area (Å²) in [6.07, 6.45) is 7.95. The molecule has 5 aliphatic carbocycles. The lowest BCUT2D eigenvalue weighted by Crippen LogP contribution is -2.60. The molecule has 48 heavy (non-hydrogen) atoms. The van der Waals surface area contributed by atoms with Crippen LogP contribution >= 0.6 is 0 Å². The van der Waals surface area contributed by atoms with Crippen molar-refractivity contribution in [1.82, 2.24) is 4.90 Å². The minimum atomic E-state index is -1.01. The summed E-state index contributed by atoms with van der Waals surface area (Å²) in [6.45, 7) is 23.9. The SMILES string of the molecule is CCO[C@@H]([C@H]1C[C@@H](C)C2[C@H](O1)[C@H](O)[C@@]1(C)[C@@H]3CCC4C(C)(C)[C@@H](O[C@H]5CN([C@@H](C)COC)CCO5)CC[C@@]45C[C@@]35CC[C@]21C)C(C)(C)O. The van der Waals surface area contributed by atoms with Crippen LogP contribution in [0.3, 0.4) is 0 Å². The van der Waals surface area contributed by atoms with Crippen molar-refractivity contribution in [2.75, 3.05) is 40.0 Å². The number of hydrogen-bond acceptors (Lipinski definition) is 8. The van der Waals surface area contributed by atoms with Crippen LogP contribution in [0.2, 0.25) is 0 Å². The maximum Gasteiger partial charge on any atom is 0.170 e. The van der Waals surface area contributed by atoms with Crippen molar-refractivity contribution < 1.29 is 33.9 Å². The van der Waals surface area contributed by atoms with Crippen LogP contribution in [0, 0.1) is 50.7 Å². The Morgan fingerprint density at radius 1 is 1.02 bits per heavy atom. The summed E-state index contributed by atoms with van der Waals surface area (Å²) in [4.78, 5) is 2.45. The van der Waals surface area contributed by atoms with Gasteiger partial charge in [-0.05, 0) is 124 Å². The molecule has 0 aromatic rings. The van der Waals surface area contributed by atoms with Crippen molar-refractivity contribution in [2.45, 2.75) is 162 Å². The standard InChI is InChI=1S/C40H69NO7/c1-11-45-34(36(6,7)43)26-20-24(2)31-32(47-26)33(42)38(9)28-13-12-27-35(4,5)29(48-30-21-41(18-19-46-30)25(3)22-44-10)14-15-39(27)23-40(28,39)17-16-37(31,38)8/h24-34,42-43H,11-23H2,1-10H3/t24-,25+,26-,27?,28+,29+,30+,31?,32+,33+,34+,37-,38-,39-,40+/m1/s1. The Hall–Kier alpha value is -0.320. The third-order valence-corrected chi connectivity index (χ3v) is 16.6. The van der Waals surface area contributed by atoms with Crippen LogP contribution in [0.4, 0.5) is 0 Å². The number of aliphatic hydroxyl groups is 2. The number of methoxy groups -OCH3 is 1. The second-order valence-corrected chi connectivity index (χ2v) is 19.3. The van der Waals surface area contributed by atoms with Crippen LogP contribution < -0.4 is 0 Å². The van der Waals surface area contributed by atoms with Gasteiger partial charge in [-0.25, -0.2) is 0 Å². The first-order valence-electron chi connectivity index (χ1n) is 19.7. The van der Waals surface area contributed by atoms with Crippen molar-refractivity contribution in [3.8, 4) is 0 Å². The average Bonchev–Trinajstić information content (AvgIpc) is 3.65. The lowest BCUT2D eigenvalue weighted by atomic mass is 9.41. The van der Waals surface area contributed by atoms with E-state index in [1.54, 1.807) is 7.11 Å². The summed E-state index contributed by atoms with van der Waals surface area (Å²) >= 11 is 0. The number of hydrogen-bond donors (Lipinski definition) is 2. The van der Waals surface area contributed by atoms with Crippen molar-refractivity contribution in [2.24, 2.45) is 50.7 Å². The first-order valence-corrected chi connectivity index (χ1v) is 19.7. The number of nitrogens with zero attached hydrogens (tertiary/aromatic N) is 1. The summed E-state index contributed by atoms with van der Waals surface area (Å²) in [6, 6.07) is 0.356. The Balaban J connectivity index is 1.11. The smallest absolute Gasteiger partial charge is 0.170 e. The topological polar surface area (TPSA) is 89.9 Å². The van der Waals surface area contributed by atoms with Gasteiger partial charge in [0.1, 0.15) is 6.10 Å². The number of ether oxygens (including phenoxy) is 5. The lowest BCUT2D eigenvalue weighted by Gasteiger charge is -2.64. The zero-order valence-corrected chi connectivity index (χ0v) is 31.9. The van der Waals surface area contributed by atoms with Crippen molar-refractivity contribution in [3.05, 3.63) is 0 Å². The maximum absolute atomic E-state index is 12.6. The number of morpholine rings is 1. The lowest BCUT2D eigenvalue weighted by molar-refractivity contribution is -0.251. The molecule has 2 saturated heterocycles. The molecule has 0 amide bonds. The van der Waals surface area contributed by atoms with Gasteiger partial charge in [-0.1, -0.05) is 34.6 Å². The molecule has 2 N–H and O–H groups in total. The summed E-state index contributed by atoms with van der Waals surface area (Å²) in [5.74, 6) is 1.82. The van der Waals surface area contributed by atoms with E-state index in [0.717, 1.165) is 39.0 Å². The predicted octanol–water partition coefficient (Wildman–Crippen LogP) is 6.05. The van der Waals surface area contributed by atoms with Crippen molar-refractivity contribution >= 4 is 0 Å². The molecule has 0 radical (unpaired) electrons. The Morgan fingerprint density at radius 3 is 2.42 bits per heavy atom. The van der Waals surface area contributed by atoms with Gasteiger partial charge in [0.2, 0.25) is 0 Å². The van der Waals surface area contributed by atoms with Crippen LogP contribution in [0.5, 0.6) is 0 Å². The summed E-state index contributed by atoms with van der Waals surface area (Å²) in [5, 5.41) is 23.7. The van der Waals surface area contributed by atoms with E-state index >= 15 is 0 Å². The molecule has 0 aromatic heterocycles. The summed E-state index contributed by atoms with van der Waals surface area (Å²) < 4.78 is 31.7. The Bertz CT molecular complexity index is 1190. The fraction of sp³-hybridized carbons (Fsp3) is 1.00. The highest BCUT2D eigenvalue weighted by Gasteiger charge is 2.84. The summed E-state index contributed by atoms with van der Waals surface area (Å²) in [7, 11) is 1.78. The Kier molecular flexibility index (Phi) is 9.10. The minimum absolute atomic E-state index is 0.0177. The van der Waals surface area contributed by atoms with Crippen LogP contribution in [-0.2, 0) is 23.7 Å². The highest BCUT2D eigenvalue weighted by Crippen LogP contribution is 2.89. The molecule has 2 aliphatic heterocycles. The first kappa shape index (κ1) is 36.1. The van der Waals surface area contributed by atoms with E-state index in [1.807, 2.05) is 20.8 Å². The molecule has 2 heterocycles. The van der Waals surface area contributed by atoms with E-state index in [4.69, 9.17) is 23.7 Å². The second kappa shape index (κ2) is 12.1. The molecule has 8 nitrogen and oxygen atoms in total. The molecule has 2 unspecified atom stereocenters. The van der Waals surface area contributed by atoms with E-state index in [0.29, 0.717) is 53.8 Å². The third kappa shape index (κ3) is 4.95. The molecule has 276 valence electrons. The molecule has 0 bridgehead atoms. The van der Waals surface area contributed by atoms with Crippen LogP contribution in [0.1, 0.15) is 114 Å². The Morgan fingerprint density at radius 2 is 1.73 bits per heavy atom. The van der Waals surface area contributed by atoms with Crippen LogP contribution in [-0.4, -0.2) is 104 Å². The van der Waals surface area contributed by atoms with Gasteiger partial charge >= 0.3 is 0 Å². The fourth-order valence-corrected chi connectivity index (χ4v) is 14.3. The van der Waals surface area contributed by atoms with Gasteiger partial charge in [-0.2, -0.15) is 0 Å². The van der Waals surface area contributed by atoms with E-state index in [9.17, 15) is 10.2 Å². The zero-order chi connectivity index (χ0) is 34.7. The van der Waals surface area contributed by atoms with Gasteiger partial charge in [0, 0.05) is 38.3 Å². The molecular formula is C40H69NO7. The maximum atomic E-state index is 12.6. The van der Waals surface area contributed by atoms with Crippen molar-refractivity contribution in [3.63, 3.8) is 0 Å². The third-order valence-electron chi connectivity index (χ3n) is 16.6. The quantitative estimate of drug-likeness (QED) is 0.305.